The minimum Gasteiger partial charge on any atom is -0.397 e. The van der Waals surface area contributed by atoms with Crippen LogP contribution in [0, 0.1) is 5.92 Å². The molecule has 0 amide bonds. The van der Waals surface area contributed by atoms with Crippen LogP contribution in [0.5, 0.6) is 0 Å². The maximum absolute atomic E-state index is 5.97. The summed E-state index contributed by atoms with van der Waals surface area (Å²) in [6.45, 7) is 6.59. The molecule has 96 valence electrons. The highest BCUT2D eigenvalue weighted by molar-refractivity contribution is 6.42. The van der Waals surface area contributed by atoms with E-state index in [0.29, 0.717) is 27.7 Å². The van der Waals surface area contributed by atoms with Crippen LogP contribution in [0.15, 0.2) is 12.1 Å². The van der Waals surface area contributed by atoms with Crippen LogP contribution in [0.25, 0.3) is 0 Å². The van der Waals surface area contributed by atoms with Gasteiger partial charge in [-0.25, -0.2) is 0 Å². The summed E-state index contributed by atoms with van der Waals surface area (Å²) in [6.07, 6.45) is 2.30. The van der Waals surface area contributed by atoms with Gasteiger partial charge in [0.2, 0.25) is 0 Å². The van der Waals surface area contributed by atoms with Crippen molar-refractivity contribution in [2.75, 3.05) is 11.1 Å². The molecule has 1 aromatic rings. The second-order valence-electron chi connectivity index (χ2n) is 4.87. The van der Waals surface area contributed by atoms with E-state index in [4.69, 9.17) is 28.9 Å². The first-order valence-electron chi connectivity index (χ1n) is 5.91. The molecule has 0 aliphatic carbocycles. The molecular weight excluding hydrogens is 255 g/mol. The fourth-order valence-electron chi connectivity index (χ4n) is 1.61. The molecule has 1 rings (SSSR count). The van der Waals surface area contributed by atoms with Crippen molar-refractivity contribution in [1.29, 1.82) is 0 Å². The summed E-state index contributed by atoms with van der Waals surface area (Å²) < 4.78 is 0. The predicted molar refractivity (Wildman–Crippen MR) is 78.0 cm³/mol. The van der Waals surface area contributed by atoms with Crippen LogP contribution >= 0.6 is 23.2 Å². The predicted octanol–water partition coefficient (Wildman–Crippen LogP) is 4.81. The Morgan fingerprint density at radius 2 is 1.71 bits per heavy atom. The molecule has 1 unspecified atom stereocenters. The molecular formula is C13H20Cl2N2. The number of nitrogens with two attached hydrogens (primary N) is 1. The van der Waals surface area contributed by atoms with Gasteiger partial charge in [-0.15, -0.1) is 0 Å². The summed E-state index contributed by atoms with van der Waals surface area (Å²) in [5.74, 6) is 0.713. The molecule has 0 aliphatic rings. The number of nitrogen functional groups attached to an aromatic ring is 1. The van der Waals surface area contributed by atoms with E-state index in [1.165, 1.54) is 6.42 Å². The lowest BCUT2D eigenvalue weighted by Crippen LogP contribution is -2.16. The van der Waals surface area contributed by atoms with Crippen LogP contribution < -0.4 is 11.1 Å². The molecule has 0 aromatic heterocycles. The highest BCUT2D eigenvalue weighted by Crippen LogP contribution is 2.31. The standard InChI is InChI=1S/C13H20Cl2N2/c1-8(2)4-5-9(3)17-13-7-11(15)10(14)6-12(13)16/h6-9,17H,4-5,16H2,1-3H3. The number of benzene rings is 1. The summed E-state index contributed by atoms with van der Waals surface area (Å²) >= 11 is 11.9. The average Bonchev–Trinajstić information content (AvgIpc) is 2.23. The molecule has 0 spiro atoms. The van der Waals surface area contributed by atoms with Crippen LogP contribution in [0.3, 0.4) is 0 Å². The molecule has 1 atom stereocenters. The van der Waals surface area contributed by atoms with Gasteiger partial charge in [0, 0.05) is 6.04 Å². The first-order valence-corrected chi connectivity index (χ1v) is 6.66. The SMILES string of the molecule is CC(C)CCC(C)Nc1cc(Cl)c(Cl)cc1N. The van der Waals surface area contributed by atoms with Gasteiger partial charge in [0.25, 0.3) is 0 Å². The number of rotatable bonds is 5. The summed E-state index contributed by atoms with van der Waals surface area (Å²) in [5.41, 5.74) is 7.38. The number of hydrogen-bond acceptors (Lipinski definition) is 2. The molecule has 0 saturated heterocycles. The van der Waals surface area contributed by atoms with Crippen molar-refractivity contribution in [3.05, 3.63) is 22.2 Å². The first kappa shape index (κ1) is 14.5. The van der Waals surface area contributed by atoms with E-state index in [0.717, 1.165) is 12.1 Å². The van der Waals surface area contributed by atoms with Gasteiger partial charge in [-0.3, -0.25) is 0 Å². The van der Waals surface area contributed by atoms with Crippen molar-refractivity contribution in [2.45, 2.75) is 39.7 Å². The second kappa shape index (κ2) is 6.36. The van der Waals surface area contributed by atoms with Crippen LogP contribution in [-0.2, 0) is 0 Å². The van der Waals surface area contributed by atoms with Crippen LogP contribution in [0.1, 0.15) is 33.6 Å². The molecule has 3 N–H and O–H groups in total. The van der Waals surface area contributed by atoms with Crippen molar-refractivity contribution < 1.29 is 0 Å². The molecule has 0 bridgehead atoms. The summed E-state index contributed by atoms with van der Waals surface area (Å²) in [6, 6.07) is 3.84. The molecule has 0 fully saturated rings. The zero-order valence-corrected chi connectivity index (χ0v) is 12.1. The third kappa shape index (κ3) is 4.64. The molecule has 0 radical (unpaired) electrons. The Labute approximate surface area is 113 Å². The van der Waals surface area contributed by atoms with E-state index in [-0.39, 0.29) is 0 Å². The van der Waals surface area contributed by atoms with E-state index in [2.05, 4.69) is 26.1 Å². The zero-order chi connectivity index (χ0) is 13.0. The third-order valence-electron chi connectivity index (χ3n) is 2.67. The van der Waals surface area contributed by atoms with Gasteiger partial charge < -0.3 is 11.1 Å². The molecule has 2 nitrogen and oxygen atoms in total. The van der Waals surface area contributed by atoms with Gasteiger partial charge in [-0.1, -0.05) is 37.0 Å². The molecule has 0 aliphatic heterocycles. The van der Waals surface area contributed by atoms with Gasteiger partial charge >= 0.3 is 0 Å². The van der Waals surface area contributed by atoms with E-state index in [9.17, 15) is 0 Å². The lowest BCUT2D eigenvalue weighted by atomic mass is 10.0. The van der Waals surface area contributed by atoms with Gasteiger partial charge in [0.1, 0.15) is 0 Å². The Morgan fingerprint density at radius 3 is 2.29 bits per heavy atom. The maximum Gasteiger partial charge on any atom is 0.0614 e. The third-order valence-corrected chi connectivity index (χ3v) is 3.39. The van der Waals surface area contributed by atoms with Gasteiger partial charge in [-0.2, -0.15) is 0 Å². The lowest BCUT2D eigenvalue weighted by Gasteiger charge is -2.18. The highest BCUT2D eigenvalue weighted by Gasteiger charge is 2.08. The molecule has 1 aromatic carbocycles. The van der Waals surface area contributed by atoms with Crippen LogP contribution in [0.4, 0.5) is 11.4 Å². The van der Waals surface area contributed by atoms with Crippen molar-refractivity contribution >= 4 is 34.6 Å². The van der Waals surface area contributed by atoms with Gasteiger partial charge in [0.05, 0.1) is 21.4 Å². The van der Waals surface area contributed by atoms with E-state index >= 15 is 0 Å². The Morgan fingerprint density at radius 1 is 1.12 bits per heavy atom. The summed E-state index contributed by atoms with van der Waals surface area (Å²) in [5, 5.41) is 4.38. The van der Waals surface area contributed by atoms with Gasteiger partial charge in [-0.05, 0) is 37.8 Å². The Bertz CT molecular complexity index is 378. The normalized spacial score (nSPS) is 12.8. The first-order chi connectivity index (χ1) is 7.90. The fraction of sp³-hybridized carbons (Fsp3) is 0.538. The van der Waals surface area contributed by atoms with Crippen molar-refractivity contribution in [1.82, 2.24) is 0 Å². The van der Waals surface area contributed by atoms with E-state index in [1.54, 1.807) is 12.1 Å². The topological polar surface area (TPSA) is 38.0 Å². The quantitative estimate of drug-likeness (QED) is 0.756. The smallest absolute Gasteiger partial charge is 0.0614 e. The Hall–Kier alpha value is -0.600. The monoisotopic (exact) mass is 274 g/mol. The summed E-state index contributed by atoms with van der Waals surface area (Å²) in [7, 11) is 0. The molecule has 0 saturated carbocycles. The van der Waals surface area contributed by atoms with Crippen LogP contribution in [-0.4, -0.2) is 6.04 Å². The maximum atomic E-state index is 5.97. The minimum atomic E-state index is 0.372. The average molecular weight is 275 g/mol. The highest BCUT2D eigenvalue weighted by atomic mass is 35.5. The molecule has 0 heterocycles. The van der Waals surface area contributed by atoms with Crippen molar-refractivity contribution in [3.8, 4) is 0 Å². The fourth-order valence-corrected chi connectivity index (χ4v) is 1.94. The lowest BCUT2D eigenvalue weighted by molar-refractivity contribution is 0.528. The minimum absolute atomic E-state index is 0.372. The molecule has 4 heteroatoms. The van der Waals surface area contributed by atoms with Crippen molar-refractivity contribution in [2.24, 2.45) is 5.92 Å². The number of halogens is 2. The van der Waals surface area contributed by atoms with Crippen molar-refractivity contribution in [3.63, 3.8) is 0 Å². The number of anilines is 2. The second-order valence-corrected chi connectivity index (χ2v) is 5.68. The van der Waals surface area contributed by atoms with E-state index in [1.807, 2.05) is 0 Å². The van der Waals surface area contributed by atoms with Gasteiger partial charge in [0.15, 0.2) is 0 Å². The largest absolute Gasteiger partial charge is 0.397 e. The van der Waals surface area contributed by atoms with Crippen LogP contribution in [0.2, 0.25) is 10.0 Å². The van der Waals surface area contributed by atoms with E-state index < -0.39 is 0 Å². The molecule has 17 heavy (non-hydrogen) atoms. The number of hydrogen-bond donors (Lipinski definition) is 2. The number of nitrogens with one attached hydrogen (secondary N) is 1. The Kier molecular flexibility index (Phi) is 5.41. The summed E-state index contributed by atoms with van der Waals surface area (Å²) in [4.78, 5) is 0. The Balaban J connectivity index is 2.65. The zero-order valence-electron chi connectivity index (χ0n) is 10.6.